The van der Waals surface area contributed by atoms with Crippen molar-refractivity contribution in [1.82, 2.24) is 4.31 Å². The van der Waals surface area contributed by atoms with E-state index in [1.54, 1.807) is 0 Å². The largest absolute Gasteiger partial charge is 0.370 e. The molecule has 1 atom stereocenters. The van der Waals surface area contributed by atoms with Crippen molar-refractivity contribution in [3.63, 3.8) is 0 Å². The van der Waals surface area contributed by atoms with E-state index in [0.717, 1.165) is 24.1 Å². The lowest BCUT2D eigenvalue weighted by atomic mass is 10.2. The molecule has 0 saturated carbocycles. The van der Waals surface area contributed by atoms with E-state index in [1.165, 1.54) is 10.6 Å². The average Bonchev–Trinajstić information content (AvgIpc) is 2.84. The Bertz CT molecular complexity index is 633. The van der Waals surface area contributed by atoms with Gasteiger partial charge in [-0.2, -0.15) is 4.31 Å². The van der Waals surface area contributed by atoms with Gasteiger partial charge in [0.2, 0.25) is 10.0 Å². The highest BCUT2D eigenvalue weighted by atomic mass is 127. The third-order valence-corrected chi connectivity index (χ3v) is 4.84. The highest BCUT2D eigenvalue weighted by Gasteiger charge is 2.30. The van der Waals surface area contributed by atoms with Crippen LogP contribution >= 0.6 is 24.0 Å². The Morgan fingerprint density at radius 2 is 2.23 bits per heavy atom. The molecule has 0 spiro atoms. The predicted octanol–water partition coefficient (Wildman–Crippen LogP) is 1.76. The summed E-state index contributed by atoms with van der Waals surface area (Å²) in [6.45, 7) is 2.96. The number of rotatable bonds is 4. The van der Waals surface area contributed by atoms with Crippen LogP contribution in [-0.2, 0) is 10.0 Å². The molecule has 124 valence electrons. The molecule has 1 aliphatic rings. The summed E-state index contributed by atoms with van der Waals surface area (Å²) in [5.41, 5.74) is 7.87. The molecule has 22 heavy (non-hydrogen) atoms. The fourth-order valence-electron chi connectivity index (χ4n) is 2.54. The summed E-state index contributed by atoms with van der Waals surface area (Å²) in [7, 11) is -3.16. The van der Waals surface area contributed by atoms with Crippen LogP contribution in [0, 0.1) is 6.92 Å². The molecule has 1 aromatic rings. The number of anilines is 1. The van der Waals surface area contributed by atoms with Crippen molar-refractivity contribution < 1.29 is 8.42 Å². The smallest absolute Gasteiger partial charge is 0.211 e. The minimum absolute atomic E-state index is 0. The fourth-order valence-corrected chi connectivity index (χ4v) is 3.72. The van der Waals surface area contributed by atoms with Crippen LogP contribution in [0.15, 0.2) is 29.3 Å². The summed E-state index contributed by atoms with van der Waals surface area (Å²) >= 11 is 0. The molecular weight excluding hydrogens is 415 g/mol. The Hall–Kier alpha value is -0.870. The van der Waals surface area contributed by atoms with E-state index in [0.29, 0.717) is 19.0 Å². The molecule has 1 aromatic carbocycles. The third-order valence-electron chi connectivity index (χ3n) is 3.51. The number of hydrogen-bond donors (Lipinski definition) is 2. The molecule has 0 unspecified atom stereocenters. The van der Waals surface area contributed by atoms with Crippen LogP contribution in [0.1, 0.15) is 18.4 Å². The van der Waals surface area contributed by atoms with E-state index in [1.807, 2.05) is 31.2 Å². The van der Waals surface area contributed by atoms with Crippen LogP contribution in [0.5, 0.6) is 0 Å². The van der Waals surface area contributed by atoms with Crippen LogP contribution in [0.2, 0.25) is 0 Å². The Kier molecular flexibility index (Phi) is 7.07. The number of hydrogen-bond acceptors (Lipinski definition) is 3. The highest BCUT2D eigenvalue weighted by molar-refractivity contribution is 14.0. The second-order valence-electron chi connectivity index (χ2n) is 5.39. The average molecular weight is 438 g/mol. The zero-order valence-corrected chi connectivity index (χ0v) is 16.0. The van der Waals surface area contributed by atoms with Gasteiger partial charge in [-0.05, 0) is 37.5 Å². The Labute approximate surface area is 149 Å². The summed E-state index contributed by atoms with van der Waals surface area (Å²) in [5.74, 6) is 0.306. The number of guanidine groups is 1. The van der Waals surface area contributed by atoms with Crippen molar-refractivity contribution >= 4 is 45.6 Å². The zero-order chi connectivity index (χ0) is 15.5. The van der Waals surface area contributed by atoms with Gasteiger partial charge < -0.3 is 11.1 Å². The molecule has 2 rings (SSSR count). The van der Waals surface area contributed by atoms with E-state index in [9.17, 15) is 8.42 Å². The number of benzene rings is 1. The normalized spacial score (nSPS) is 19.7. The Balaban J connectivity index is 0.00000242. The van der Waals surface area contributed by atoms with Gasteiger partial charge in [0.1, 0.15) is 0 Å². The fraction of sp³-hybridized carbons (Fsp3) is 0.500. The summed E-state index contributed by atoms with van der Waals surface area (Å²) in [6, 6.07) is 7.74. The summed E-state index contributed by atoms with van der Waals surface area (Å²) in [5, 5.41) is 3.02. The number of sulfonamides is 1. The second kappa shape index (κ2) is 8.11. The number of nitrogens with one attached hydrogen (secondary N) is 1. The lowest BCUT2D eigenvalue weighted by molar-refractivity contribution is 0.397. The number of halogens is 1. The van der Waals surface area contributed by atoms with Crippen molar-refractivity contribution in [2.75, 3.05) is 24.7 Å². The molecule has 1 aliphatic heterocycles. The third kappa shape index (κ3) is 5.40. The first-order valence-corrected chi connectivity index (χ1v) is 8.81. The van der Waals surface area contributed by atoms with Gasteiger partial charge in [0, 0.05) is 18.3 Å². The number of nitrogens with two attached hydrogens (primary N) is 1. The first kappa shape index (κ1) is 19.2. The Morgan fingerprint density at radius 3 is 2.86 bits per heavy atom. The molecule has 1 fully saturated rings. The molecule has 6 nitrogen and oxygen atoms in total. The number of aryl methyl sites for hydroxylation is 1. The summed E-state index contributed by atoms with van der Waals surface area (Å²) in [6.07, 6.45) is 2.94. The van der Waals surface area contributed by atoms with E-state index in [2.05, 4.69) is 10.3 Å². The van der Waals surface area contributed by atoms with Gasteiger partial charge in [-0.25, -0.2) is 8.42 Å². The molecule has 1 saturated heterocycles. The quantitative estimate of drug-likeness (QED) is 0.426. The van der Waals surface area contributed by atoms with E-state index < -0.39 is 10.0 Å². The van der Waals surface area contributed by atoms with E-state index in [-0.39, 0.29) is 30.0 Å². The van der Waals surface area contributed by atoms with Crippen molar-refractivity contribution in [2.45, 2.75) is 25.8 Å². The Morgan fingerprint density at radius 1 is 1.50 bits per heavy atom. The second-order valence-corrected chi connectivity index (χ2v) is 7.33. The molecule has 8 heteroatoms. The van der Waals surface area contributed by atoms with Crippen LogP contribution in [-0.4, -0.2) is 44.1 Å². The molecule has 0 aromatic heterocycles. The molecule has 0 radical (unpaired) electrons. The van der Waals surface area contributed by atoms with Crippen molar-refractivity contribution in [1.29, 1.82) is 0 Å². The zero-order valence-electron chi connectivity index (χ0n) is 12.8. The van der Waals surface area contributed by atoms with Gasteiger partial charge in [-0.1, -0.05) is 12.1 Å². The molecule has 0 amide bonds. The van der Waals surface area contributed by atoms with Crippen molar-refractivity contribution in [3.8, 4) is 0 Å². The lowest BCUT2D eigenvalue weighted by Gasteiger charge is -2.20. The standard InChI is InChI=1S/C14H22N4O2S.HI/c1-11-5-3-6-12(9-11)17-14(15)16-10-13-7-4-8-18(13)21(2,19)20;/h3,5-6,9,13H,4,7-8,10H2,1-2H3,(H3,15,16,17);1H/t13-;/m1./s1. The molecule has 0 bridgehead atoms. The van der Waals surface area contributed by atoms with Crippen LogP contribution in [0.4, 0.5) is 5.69 Å². The van der Waals surface area contributed by atoms with E-state index >= 15 is 0 Å². The topological polar surface area (TPSA) is 87.8 Å². The SMILES string of the molecule is Cc1cccc(NC(N)=NC[C@H]2CCCN2S(C)(=O)=O)c1.I. The lowest BCUT2D eigenvalue weighted by Crippen LogP contribution is -2.37. The van der Waals surface area contributed by atoms with Crippen LogP contribution in [0.3, 0.4) is 0 Å². The summed E-state index contributed by atoms with van der Waals surface area (Å²) in [4.78, 5) is 4.27. The predicted molar refractivity (Wildman–Crippen MR) is 101 cm³/mol. The molecular formula is C14H23IN4O2S. The van der Waals surface area contributed by atoms with Crippen molar-refractivity contribution in [3.05, 3.63) is 29.8 Å². The minimum atomic E-state index is -3.16. The van der Waals surface area contributed by atoms with Gasteiger partial charge in [-0.3, -0.25) is 4.99 Å². The van der Waals surface area contributed by atoms with Gasteiger partial charge >= 0.3 is 0 Å². The molecule has 3 N–H and O–H groups in total. The highest BCUT2D eigenvalue weighted by Crippen LogP contribution is 2.20. The van der Waals surface area contributed by atoms with Gasteiger partial charge in [0.15, 0.2) is 5.96 Å². The number of aliphatic imine (C=N–C) groups is 1. The summed E-state index contributed by atoms with van der Waals surface area (Å²) < 4.78 is 24.8. The maximum absolute atomic E-state index is 11.6. The first-order valence-electron chi connectivity index (χ1n) is 6.96. The van der Waals surface area contributed by atoms with Gasteiger partial charge in [-0.15, -0.1) is 24.0 Å². The maximum Gasteiger partial charge on any atom is 0.211 e. The van der Waals surface area contributed by atoms with Gasteiger partial charge in [0.05, 0.1) is 12.8 Å². The number of nitrogens with zero attached hydrogens (tertiary/aromatic N) is 2. The first-order chi connectivity index (χ1) is 9.86. The molecule has 0 aliphatic carbocycles. The minimum Gasteiger partial charge on any atom is -0.370 e. The maximum atomic E-state index is 11.6. The van der Waals surface area contributed by atoms with E-state index in [4.69, 9.17) is 5.73 Å². The van der Waals surface area contributed by atoms with Crippen molar-refractivity contribution in [2.24, 2.45) is 10.7 Å². The van der Waals surface area contributed by atoms with Gasteiger partial charge in [0.25, 0.3) is 0 Å². The molecule has 1 heterocycles. The van der Waals surface area contributed by atoms with Crippen LogP contribution < -0.4 is 11.1 Å². The van der Waals surface area contributed by atoms with Crippen LogP contribution in [0.25, 0.3) is 0 Å². The monoisotopic (exact) mass is 438 g/mol.